The highest BCUT2D eigenvalue weighted by molar-refractivity contribution is 5.14. The van der Waals surface area contributed by atoms with E-state index in [-0.39, 0.29) is 11.6 Å². The van der Waals surface area contributed by atoms with Crippen molar-refractivity contribution >= 4 is 0 Å². The summed E-state index contributed by atoms with van der Waals surface area (Å²) in [5.41, 5.74) is -0.172. The average molecular weight is 176 g/mol. The maximum Gasteiger partial charge on any atom is 0.272 e. The number of rotatable bonds is 3. The molecule has 0 atom stereocenters. The predicted molar refractivity (Wildman–Crippen MR) is 40.5 cm³/mol. The van der Waals surface area contributed by atoms with Gasteiger partial charge in [-0.3, -0.25) is 0 Å². The molecule has 0 aliphatic heterocycles. The van der Waals surface area contributed by atoms with Crippen molar-refractivity contribution in [3.63, 3.8) is 0 Å². The van der Waals surface area contributed by atoms with Crippen LogP contribution in [0.4, 0.5) is 8.78 Å². The Balaban J connectivity index is 2.75. The monoisotopic (exact) mass is 176 g/mol. The van der Waals surface area contributed by atoms with Gasteiger partial charge in [0.1, 0.15) is 0 Å². The summed E-state index contributed by atoms with van der Waals surface area (Å²) >= 11 is 0. The summed E-state index contributed by atoms with van der Waals surface area (Å²) in [5, 5.41) is 0. The number of alkyl halides is 2. The Morgan fingerprint density at radius 1 is 1.67 bits per heavy atom. The van der Waals surface area contributed by atoms with Gasteiger partial charge in [0.15, 0.2) is 6.61 Å². The lowest BCUT2D eigenvalue weighted by Gasteiger charge is -2.03. The van der Waals surface area contributed by atoms with Crippen LogP contribution in [-0.2, 0) is 0 Å². The first-order valence-corrected chi connectivity index (χ1v) is 3.28. The van der Waals surface area contributed by atoms with Gasteiger partial charge in [-0.2, -0.15) is 0 Å². The third kappa shape index (κ3) is 2.82. The lowest BCUT2D eigenvalue weighted by molar-refractivity contribution is 0.0795. The van der Waals surface area contributed by atoms with Gasteiger partial charge in [-0.1, -0.05) is 6.07 Å². The summed E-state index contributed by atoms with van der Waals surface area (Å²) in [6.45, 7) is -3.15. The summed E-state index contributed by atoms with van der Waals surface area (Å²) in [5.74, 6) is -0.107. The number of nitrogens with zero attached hydrogens (tertiary/aromatic N) is 1. The van der Waals surface area contributed by atoms with Crippen LogP contribution >= 0.6 is 0 Å². The van der Waals surface area contributed by atoms with Crippen LogP contribution in [0.3, 0.4) is 0 Å². The molecule has 1 rings (SSSR count). The molecule has 0 aliphatic rings. The van der Waals surface area contributed by atoms with E-state index in [1.165, 1.54) is 18.2 Å². The van der Waals surface area contributed by atoms with Crippen LogP contribution in [0.5, 0.6) is 5.88 Å². The molecule has 0 spiro atoms. The standard InChI is InChI=1S/C8H9F2NO/c1-6-3-2-4-8(11-6)12-5-7(9)10/h2-4,7H,5H2,1H3/i1D3. The van der Waals surface area contributed by atoms with Crippen molar-refractivity contribution in [1.82, 2.24) is 4.98 Å². The Labute approximate surface area is 73.4 Å². The molecule has 0 saturated carbocycles. The van der Waals surface area contributed by atoms with Gasteiger partial charge in [0, 0.05) is 15.9 Å². The molecule has 0 N–H and O–H groups in total. The molecule has 1 heterocycles. The van der Waals surface area contributed by atoms with Crippen molar-refractivity contribution in [2.45, 2.75) is 13.3 Å². The molecule has 0 amide bonds. The third-order valence-corrected chi connectivity index (χ3v) is 1.08. The van der Waals surface area contributed by atoms with Gasteiger partial charge in [0.05, 0.1) is 0 Å². The number of aromatic nitrogens is 1. The number of hydrogen-bond acceptors (Lipinski definition) is 2. The normalized spacial score (nSPS) is 15.1. The Morgan fingerprint density at radius 2 is 2.50 bits per heavy atom. The Hall–Kier alpha value is -1.19. The number of ether oxygens (including phenoxy) is 1. The largest absolute Gasteiger partial charge is 0.472 e. The molecule has 0 saturated heterocycles. The number of pyridine rings is 1. The van der Waals surface area contributed by atoms with Gasteiger partial charge >= 0.3 is 0 Å². The van der Waals surface area contributed by atoms with E-state index >= 15 is 0 Å². The number of hydrogen-bond donors (Lipinski definition) is 0. The van der Waals surface area contributed by atoms with Crippen LogP contribution in [-0.4, -0.2) is 18.0 Å². The number of aryl methyl sites for hydroxylation is 1. The Bertz CT molecular complexity index is 330. The molecule has 0 fully saturated rings. The summed E-state index contributed by atoms with van der Waals surface area (Å²) in [4.78, 5) is 3.60. The molecule has 4 heteroatoms. The van der Waals surface area contributed by atoms with E-state index in [1.54, 1.807) is 0 Å². The molecular formula is C8H9F2NO. The van der Waals surface area contributed by atoms with Crippen molar-refractivity contribution in [2.75, 3.05) is 6.61 Å². The molecule has 0 bridgehead atoms. The summed E-state index contributed by atoms with van der Waals surface area (Å²) in [6.07, 6.45) is -2.61. The molecule has 0 aliphatic carbocycles. The average Bonchev–Trinajstić information content (AvgIpc) is 2.14. The fraction of sp³-hybridized carbons (Fsp3) is 0.375. The second-order valence-corrected chi connectivity index (χ2v) is 2.06. The Kier molecular flexibility index (Phi) is 1.81. The lowest BCUT2D eigenvalue weighted by atomic mass is 10.4. The fourth-order valence-electron chi connectivity index (χ4n) is 0.644. The van der Waals surface area contributed by atoms with Crippen LogP contribution < -0.4 is 4.74 Å². The lowest BCUT2D eigenvalue weighted by Crippen LogP contribution is -2.07. The minimum Gasteiger partial charge on any atom is -0.472 e. The molecule has 1 aromatic rings. The fourth-order valence-corrected chi connectivity index (χ4v) is 0.644. The van der Waals surface area contributed by atoms with Gasteiger partial charge in [-0.25, -0.2) is 13.8 Å². The highest BCUT2D eigenvalue weighted by Gasteiger charge is 2.03. The smallest absolute Gasteiger partial charge is 0.272 e. The van der Waals surface area contributed by atoms with E-state index in [4.69, 9.17) is 4.11 Å². The minimum atomic E-state index is -2.61. The van der Waals surface area contributed by atoms with E-state index in [0.29, 0.717) is 0 Å². The van der Waals surface area contributed by atoms with Crippen LogP contribution in [0.15, 0.2) is 18.2 Å². The van der Waals surface area contributed by atoms with E-state index in [2.05, 4.69) is 9.72 Å². The van der Waals surface area contributed by atoms with Gasteiger partial charge < -0.3 is 4.74 Å². The predicted octanol–water partition coefficient (Wildman–Crippen LogP) is 2.03. The second kappa shape index (κ2) is 3.99. The van der Waals surface area contributed by atoms with Gasteiger partial charge in [-0.05, 0) is 12.9 Å². The quantitative estimate of drug-likeness (QED) is 0.703. The first-order valence-electron chi connectivity index (χ1n) is 4.78. The van der Waals surface area contributed by atoms with E-state index in [0.717, 1.165) is 0 Å². The Morgan fingerprint density at radius 3 is 3.17 bits per heavy atom. The summed E-state index contributed by atoms with van der Waals surface area (Å²) < 4.78 is 49.3. The van der Waals surface area contributed by atoms with Crippen molar-refractivity contribution in [3.05, 3.63) is 23.9 Å². The molecule has 2 nitrogen and oxygen atoms in total. The van der Waals surface area contributed by atoms with Crippen LogP contribution in [0.2, 0.25) is 0 Å². The van der Waals surface area contributed by atoms with E-state index in [9.17, 15) is 8.78 Å². The zero-order chi connectivity index (χ0) is 11.5. The molecule has 12 heavy (non-hydrogen) atoms. The highest BCUT2D eigenvalue weighted by Crippen LogP contribution is 2.07. The third-order valence-electron chi connectivity index (χ3n) is 1.08. The van der Waals surface area contributed by atoms with Gasteiger partial charge in [0.2, 0.25) is 5.88 Å². The van der Waals surface area contributed by atoms with Gasteiger partial charge in [-0.15, -0.1) is 0 Å². The minimum absolute atomic E-state index is 0.107. The molecule has 0 radical (unpaired) electrons. The summed E-state index contributed by atoms with van der Waals surface area (Å²) in [7, 11) is 0. The van der Waals surface area contributed by atoms with Crippen molar-refractivity contribution in [3.8, 4) is 5.88 Å². The molecule has 0 unspecified atom stereocenters. The van der Waals surface area contributed by atoms with Crippen LogP contribution in [0.25, 0.3) is 0 Å². The number of halogens is 2. The maximum atomic E-state index is 11.8. The molecule has 1 aromatic heterocycles. The highest BCUT2D eigenvalue weighted by atomic mass is 19.3. The first-order chi connectivity index (χ1) is 6.89. The summed E-state index contributed by atoms with van der Waals surface area (Å²) in [6, 6.07) is 4.02. The van der Waals surface area contributed by atoms with Crippen LogP contribution in [0, 0.1) is 6.85 Å². The second-order valence-electron chi connectivity index (χ2n) is 2.06. The first kappa shape index (κ1) is 5.45. The molecule has 0 aromatic carbocycles. The molecular weight excluding hydrogens is 164 g/mol. The van der Waals surface area contributed by atoms with Crippen molar-refractivity contribution < 1.29 is 17.6 Å². The van der Waals surface area contributed by atoms with Crippen LogP contribution in [0.1, 0.15) is 9.81 Å². The van der Waals surface area contributed by atoms with E-state index < -0.39 is 19.9 Å². The zero-order valence-corrected chi connectivity index (χ0v) is 6.13. The SMILES string of the molecule is [2H]C([2H])([2H])c1cccc(OCC(F)F)n1. The van der Waals surface area contributed by atoms with Crippen molar-refractivity contribution in [1.29, 1.82) is 0 Å². The van der Waals surface area contributed by atoms with Crippen molar-refractivity contribution in [2.24, 2.45) is 0 Å². The zero-order valence-electron chi connectivity index (χ0n) is 9.13. The topological polar surface area (TPSA) is 22.1 Å². The maximum absolute atomic E-state index is 11.8. The molecule has 66 valence electrons. The van der Waals surface area contributed by atoms with Gasteiger partial charge in [0.25, 0.3) is 6.43 Å². The van der Waals surface area contributed by atoms with E-state index in [1.807, 2.05) is 0 Å².